The zero-order chi connectivity index (χ0) is 19.4. The molecule has 3 atom stereocenters. The van der Waals surface area contributed by atoms with Gasteiger partial charge in [-0.2, -0.15) is 35.3 Å². The monoisotopic (exact) mass is 407 g/mol. The highest BCUT2D eigenvalue weighted by molar-refractivity contribution is 7.86. The van der Waals surface area contributed by atoms with Crippen LogP contribution in [0, 0.1) is 0 Å². The summed E-state index contributed by atoms with van der Waals surface area (Å²) in [4.78, 5) is 0. The summed E-state index contributed by atoms with van der Waals surface area (Å²) in [5, 5.41) is 7.28. The van der Waals surface area contributed by atoms with E-state index >= 15 is 0 Å². The van der Waals surface area contributed by atoms with Gasteiger partial charge < -0.3 is 5.32 Å². The molecule has 3 aliphatic heterocycles. The first-order valence-electron chi connectivity index (χ1n) is 9.34. The zero-order valence-electron chi connectivity index (χ0n) is 15.1. The number of nitrogens with zero attached hydrogens (tertiary/aromatic N) is 4. The van der Waals surface area contributed by atoms with Crippen LogP contribution in [-0.2, 0) is 10.2 Å². The normalized spacial score (nSPS) is 30.4. The Bertz CT molecular complexity index is 803. The summed E-state index contributed by atoms with van der Waals surface area (Å²) < 4.78 is 69.5. The smallest absolute Gasteiger partial charge is 0.368 e. The first-order chi connectivity index (χ1) is 12.7. The molecule has 3 aliphatic rings. The van der Waals surface area contributed by atoms with Crippen LogP contribution in [0.5, 0.6) is 0 Å². The minimum absolute atomic E-state index is 0.0717. The Balaban J connectivity index is 1.54. The molecule has 11 heteroatoms. The summed E-state index contributed by atoms with van der Waals surface area (Å²) in [6.07, 6.45) is -2.14. The van der Waals surface area contributed by atoms with Gasteiger partial charge in [-0.1, -0.05) is 0 Å². The number of fused-ring (bicyclic) bond motifs is 1. The molecule has 0 radical (unpaired) electrons. The molecule has 0 amide bonds. The fourth-order valence-corrected chi connectivity index (χ4v) is 5.99. The van der Waals surface area contributed by atoms with Crippen molar-refractivity contribution >= 4 is 16.0 Å². The molecule has 1 aromatic heterocycles. The lowest BCUT2D eigenvalue weighted by atomic mass is 10.0. The van der Waals surface area contributed by atoms with Gasteiger partial charge in [0, 0.05) is 44.2 Å². The average molecular weight is 407 g/mol. The molecule has 27 heavy (non-hydrogen) atoms. The van der Waals surface area contributed by atoms with E-state index in [-0.39, 0.29) is 24.9 Å². The van der Waals surface area contributed by atoms with Gasteiger partial charge in [-0.15, -0.1) is 0 Å². The quantitative estimate of drug-likeness (QED) is 0.835. The second kappa shape index (κ2) is 6.63. The molecule has 2 fully saturated rings. The van der Waals surface area contributed by atoms with Crippen molar-refractivity contribution in [3.63, 3.8) is 0 Å². The molecule has 0 spiro atoms. The molecule has 0 aromatic carbocycles. The summed E-state index contributed by atoms with van der Waals surface area (Å²) in [6.45, 7) is 3.43. The lowest BCUT2D eigenvalue weighted by Gasteiger charge is -2.31. The van der Waals surface area contributed by atoms with E-state index in [1.165, 1.54) is 8.61 Å². The summed E-state index contributed by atoms with van der Waals surface area (Å²) in [6, 6.07) is -0.307. The number of rotatable bonds is 3. The fourth-order valence-electron chi connectivity index (χ4n) is 4.24. The van der Waals surface area contributed by atoms with E-state index in [4.69, 9.17) is 0 Å². The van der Waals surface area contributed by atoms with E-state index in [9.17, 15) is 21.6 Å². The fraction of sp³-hybridized carbons (Fsp3) is 0.812. The van der Waals surface area contributed by atoms with E-state index in [2.05, 4.69) is 10.4 Å². The molecule has 4 rings (SSSR count). The van der Waals surface area contributed by atoms with Gasteiger partial charge in [0.2, 0.25) is 0 Å². The number of anilines is 1. The van der Waals surface area contributed by atoms with E-state index < -0.39 is 22.4 Å². The number of hydrogen-bond donors (Lipinski definition) is 1. The topological polar surface area (TPSA) is 70.5 Å². The third-order valence-electron chi connectivity index (χ3n) is 5.69. The van der Waals surface area contributed by atoms with E-state index in [1.54, 1.807) is 13.0 Å². The minimum atomic E-state index is -4.37. The highest BCUT2D eigenvalue weighted by Gasteiger charge is 2.46. The molecule has 2 saturated heterocycles. The summed E-state index contributed by atoms with van der Waals surface area (Å²) in [7, 11) is -3.49. The Morgan fingerprint density at radius 3 is 2.56 bits per heavy atom. The average Bonchev–Trinajstić information content (AvgIpc) is 3.31. The van der Waals surface area contributed by atoms with E-state index in [0.29, 0.717) is 37.6 Å². The molecular weight excluding hydrogens is 383 g/mol. The summed E-state index contributed by atoms with van der Waals surface area (Å²) >= 11 is 0. The van der Waals surface area contributed by atoms with Crippen LogP contribution < -0.4 is 5.32 Å². The van der Waals surface area contributed by atoms with Crippen LogP contribution in [0.15, 0.2) is 6.07 Å². The Hall–Kier alpha value is -1.33. The predicted molar refractivity (Wildman–Crippen MR) is 93.7 cm³/mol. The van der Waals surface area contributed by atoms with Gasteiger partial charge in [0.15, 0.2) is 6.04 Å². The number of alkyl halides is 3. The van der Waals surface area contributed by atoms with Crippen LogP contribution in [0.3, 0.4) is 0 Å². The van der Waals surface area contributed by atoms with Crippen LogP contribution in [-0.4, -0.2) is 65.2 Å². The Labute approximate surface area is 156 Å². The van der Waals surface area contributed by atoms with Gasteiger partial charge in [-0.25, -0.2) is 4.68 Å². The van der Waals surface area contributed by atoms with Crippen molar-refractivity contribution in [1.82, 2.24) is 18.4 Å². The predicted octanol–water partition coefficient (Wildman–Crippen LogP) is 2.32. The van der Waals surface area contributed by atoms with Crippen LogP contribution in [0.4, 0.5) is 19.0 Å². The van der Waals surface area contributed by atoms with E-state index in [0.717, 1.165) is 17.5 Å². The van der Waals surface area contributed by atoms with Crippen LogP contribution in [0.25, 0.3) is 0 Å². The van der Waals surface area contributed by atoms with Crippen molar-refractivity contribution in [2.75, 3.05) is 31.5 Å². The van der Waals surface area contributed by atoms with Crippen LogP contribution >= 0.6 is 0 Å². The van der Waals surface area contributed by atoms with Crippen molar-refractivity contribution in [1.29, 1.82) is 0 Å². The van der Waals surface area contributed by atoms with Gasteiger partial charge in [-0.3, -0.25) is 0 Å². The summed E-state index contributed by atoms with van der Waals surface area (Å²) in [5.74, 6) is 0.165. The van der Waals surface area contributed by atoms with Crippen molar-refractivity contribution in [2.24, 2.45) is 0 Å². The Morgan fingerprint density at radius 2 is 1.89 bits per heavy atom. The molecular formula is C16H24F3N5O2S. The largest absolute Gasteiger partial charge is 0.410 e. The second-order valence-corrected chi connectivity index (χ2v) is 9.62. The van der Waals surface area contributed by atoms with Crippen molar-refractivity contribution in [3.05, 3.63) is 11.8 Å². The molecule has 152 valence electrons. The van der Waals surface area contributed by atoms with Crippen LogP contribution in [0.1, 0.15) is 50.3 Å². The maximum Gasteiger partial charge on any atom is 0.410 e. The van der Waals surface area contributed by atoms with Crippen molar-refractivity contribution < 1.29 is 21.6 Å². The van der Waals surface area contributed by atoms with Crippen LogP contribution in [0.2, 0.25) is 0 Å². The Kier molecular flexibility index (Phi) is 4.66. The first-order valence-corrected chi connectivity index (χ1v) is 10.7. The molecule has 0 aliphatic carbocycles. The van der Waals surface area contributed by atoms with Gasteiger partial charge in [0.05, 0.1) is 5.69 Å². The highest BCUT2D eigenvalue weighted by Crippen LogP contribution is 2.41. The first kappa shape index (κ1) is 19.0. The van der Waals surface area contributed by atoms with Gasteiger partial charge in [-0.05, 0) is 32.6 Å². The summed E-state index contributed by atoms with van der Waals surface area (Å²) in [5.41, 5.74) is 0.528. The zero-order valence-corrected chi connectivity index (χ0v) is 15.9. The molecule has 0 bridgehead atoms. The standard InChI is InChI=1S/C16H24F3N5O2S/c1-11-8-14(16(17,18)19)24-15(20-11)9-13(21-24)12-4-7-23(10-12)27(25,26)22-5-2-3-6-22/h9,11-12,14,20H,2-8,10H2,1H3/t11-,12-,14-/m1/s1. The molecule has 1 aromatic rings. The molecule has 0 unspecified atom stereocenters. The SMILES string of the molecule is C[C@@H]1C[C@H](C(F)(F)F)n2nc([C@@H]3CCN(S(=O)(=O)N4CCCC4)C3)cc2N1. The molecule has 0 saturated carbocycles. The lowest BCUT2D eigenvalue weighted by molar-refractivity contribution is -0.173. The third-order valence-corrected chi connectivity index (χ3v) is 7.69. The number of hydrogen-bond acceptors (Lipinski definition) is 4. The number of aromatic nitrogens is 2. The number of halogens is 3. The van der Waals surface area contributed by atoms with Gasteiger partial charge >= 0.3 is 6.18 Å². The van der Waals surface area contributed by atoms with E-state index in [1.807, 2.05) is 0 Å². The third kappa shape index (κ3) is 3.44. The molecule has 1 N–H and O–H groups in total. The van der Waals surface area contributed by atoms with Crippen molar-refractivity contribution in [2.45, 2.75) is 56.8 Å². The Morgan fingerprint density at radius 1 is 1.19 bits per heavy atom. The van der Waals surface area contributed by atoms with Gasteiger partial charge in [0.25, 0.3) is 10.2 Å². The number of nitrogens with one attached hydrogen (secondary N) is 1. The second-order valence-electron chi connectivity index (χ2n) is 7.70. The lowest BCUT2D eigenvalue weighted by Crippen LogP contribution is -2.41. The minimum Gasteiger partial charge on any atom is -0.368 e. The maximum atomic E-state index is 13.4. The highest BCUT2D eigenvalue weighted by atomic mass is 32.2. The molecule has 7 nitrogen and oxygen atoms in total. The van der Waals surface area contributed by atoms with Gasteiger partial charge in [0.1, 0.15) is 5.82 Å². The maximum absolute atomic E-state index is 13.4. The van der Waals surface area contributed by atoms with Crippen molar-refractivity contribution in [3.8, 4) is 0 Å². The molecule has 4 heterocycles.